The van der Waals surface area contributed by atoms with Crippen molar-refractivity contribution in [3.8, 4) is 0 Å². The van der Waals surface area contributed by atoms with Crippen molar-refractivity contribution in [1.29, 1.82) is 0 Å². The molecule has 4 heteroatoms. The fourth-order valence-corrected chi connectivity index (χ4v) is 1.67. The number of ether oxygens (including phenoxy) is 1. The molecule has 0 aliphatic carbocycles. The molecule has 0 spiro atoms. The minimum Gasteiger partial charge on any atom is -0.378 e. The Bertz CT molecular complexity index is 306. The third-order valence-corrected chi connectivity index (χ3v) is 2.54. The lowest BCUT2D eigenvalue weighted by molar-refractivity contribution is 0.122. The van der Waals surface area contributed by atoms with Gasteiger partial charge in [-0.05, 0) is 24.3 Å². The highest BCUT2D eigenvalue weighted by atomic mass is 32.1. The zero-order chi connectivity index (χ0) is 9.80. The summed E-state index contributed by atoms with van der Waals surface area (Å²) in [5.74, 6) is 0. The lowest BCUT2D eigenvalue weighted by Gasteiger charge is -2.28. The number of nitrogens with zero attached hydrogens (tertiary/aromatic N) is 2. The monoisotopic (exact) mass is 208 g/mol. The van der Waals surface area contributed by atoms with Gasteiger partial charge in [0, 0.05) is 31.2 Å². The summed E-state index contributed by atoms with van der Waals surface area (Å²) >= 11 is 4.61. The number of benzene rings is 1. The van der Waals surface area contributed by atoms with Gasteiger partial charge in [0.25, 0.3) is 0 Å². The molecule has 0 saturated carbocycles. The summed E-state index contributed by atoms with van der Waals surface area (Å²) in [6.45, 7) is 3.55. The third kappa shape index (κ3) is 2.08. The van der Waals surface area contributed by atoms with Gasteiger partial charge < -0.3 is 9.64 Å². The minimum atomic E-state index is 0.813. The van der Waals surface area contributed by atoms with Gasteiger partial charge in [-0.25, -0.2) is 0 Å². The summed E-state index contributed by atoms with van der Waals surface area (Å²) in [6, 6.07) is 7.99. The van der Waals surface area contributed by atoms with E-state index in [0.717, 1.165) is 32.0 Å². The first kappa shape index (κ1) is 9.55. The molecule has 74 valence electrons. The summed E-state index contributed by atoms with van der Waals surface area (Å²) in [6.07, 6.45) is 0. The van der Waals surface area contributed by atoms with E-state index >= 15 is 0 Å². The zero-order valence-corrected chi connectivity index (χ0v) is 8.67. The number of hydrogen-bond acceptors (Lipinski definition) is 4. The standard InChI is InChI=1S/C10H12N2OS/c14-11-9-1-3-10(4-2-9)12-5-7-13-8-6-12/h1-4H,5-8H2. The highest BCUT2D eigenvalue weighted by Crippen LogP contribution is 2.20. The molecule has 14 heavy (non-hydrogen) atoms. The van der Waals surface area contributed by atoms with Crippen molar-refractivity contribution in [2.24, 2.45) is 4.36 Å². The van der Waals surface area contributed by atoms with Crippen LogP contribution in [0.1, 0.15) is 0 Å². The van der Waals surface area contributed by atoms with Crippen LogP contribution >= 0.6 is 0 Å². The first-order valence-electron chi connectivity index (χ1n) is 4.66. The van der Waals surface area contributed by atoms with Crippen molar-refractivity contribution in [1.82, 2.24) is 0 Å². The molecule has 2 rings (SSSR count). The lowest BCUT2D eigenvalue weighted by Crippen LogP contribution is -2.36. The molecule has 1 aliphatic rings. The molecule has 1 fully saturated rings. The highest BCUT2D eigenvalue weighted by Gasteiger charge is 2.10. The number of anilines is 1. The largest absolute Gasteiger partial charge is 0.378 e. The van der Waals surface area contributed by atoms with E-state index in [1.807, 2.05) is 12.1 Å². The van der Waals surface area contributed by atoms with E-state index in [1.54, 1.807) is 0 Å². The second-order valence-corrected chi connectivity index (χ2v) is 3.39. The predicted octanol–water partition coefficient (Wildman–Crippen LogP) is 1.89. The summed E-state index contributed by atoms with van der Waals surface area (Å²) in [7, 11) is 0. The van der Waals surface area contributed by atoms with E-state index in [0.29, 0.717) is 0 Å². The average molecular weight is 208 g/mol. The van der Waals surface area contributed by atoms with Crippen molar-refractivity contribution >= 4 is 23.8 Å². The van der Waals surface area contributed by atoms with Crippen LogP contribution in [0, 0.1) is 0 Å². The second kappa shape index (κ2) is 4.48. The predicted molar refractivity (Wildman–Crippen MR) is 58.9 cm³/mol. The molecular formula is C10H12N2OS. The smallest absolute Gasteiger partial charge is 0.0770 e. The van der Waals surface area contributed by atoms with Gasteiger partial charge in [0.2, 0.25) is 0 Å². The molecule has 3 nitrogen and oxygen atoms in total. The van der Waals surface area contributed by atoms with Crippen LogP contribution in [0.15, 0.2) is 28.6 Å². The molecule has 0 aromatic heterocycles. The molecule has 0 unspecified atom stereocenters. The number of hydrogen-bond donors (Lipinski definition) is 0. The molecule has 1 heterocycles. The van der Waals surface area contributed by atoms with Crippen LogP contribution in [0.4, 0.5) is 11.4 Å². The Hall–Kier alpha value is -1.00. The molecule has 0 atom stereocenters. The zero-order valence-electron chi connectivity index (χ0n) is 7.85. The van der Waals surface area contributed by atoms with Crippen LogP contribution in [0.2, 0.25) is 0 Å². The van der Waals surface area contributed by atoms with E-state index in [9.17, 15) is 0 Å². The summed E-state index contributed by atoms with van der Waals surface area (Å²) in [5, 5.41) is 0. The van der Waals surface area contributed by atoms with Crippen LogP contribution < -0.4 is 4.90 Å². The van der Waals surface area contributed by atoms with Gasteiger partial charge in [-0.1, -0.05) is 0 Å². The molecule has 1 aliphatic heterocycles. The quantitative estimate of drug-likeness (QED) is 0.742. The number of morpholine rings is 1. The van der Waals surface area contributed by atoms with Gasteiger partial charge in [-0.3, -0.25) is 0 Å². The Balaban J connectivity index is 2.11. The summed E-state index contributed by atoms with van der Waals surface area (Å²) in [5.41, 5.74) is 2.06. The van der Waals surface area contributed by atoms with Gasteiger partial charge in [0.15, 0.2) is 0 Å². The average Bonchev–Trinajstić information content (AvgIpc) is 2.30. The van der Waals surface area contributed by atoms with Gasteiger partial charge in [0.05, 0.1) is 18.9 Å². The minimum absolute atomic E-state index is 0.813. The van der Waals surface area contributed by atoms with Crippen molar-refractivity contribution in [3.63, 3.8) is 0 Å². The fraction of sp³-hybridized carbons (Fsp3) is 0.400. The third-order valence-electron chi connectivity index (χ3n) is 2.33. The Morgan fingerprint density at radius 2 is 1.79 bits per heavy atom. The van der Waals surface area contributed by atoms with Crippen LogP contribution in [0.3, 0.4) is 0 Å². The van der Waals surface area contributed by atoms with Gasteiger partial charge in [-0.15, -0.1) is 0 Å². The topological polar surface area (TPSA) is 24.8 Å². The fourth-order valence-electron chi connectivity index (χ4n) is 1.55. The van der Waals surface area contributed by atoms with Crippen molar-refractivity contribution < 1.29 is 4.74 Å². The van der Waals surface area contributed by atoms with E-state index in [-0.39, 0.29) is 0 Å². The highest BCUT2D eigenvalue weighted by molar-refractivity contribution is 7.47. The Kier molecular flexibility index (Phi) is 3.06. The van der Waals surface area contributed by atoms with Crippen LogP contribution in [0.5, 0.6) is 0 Å². The first-order valence-corrected chi connectivity index (χ1v) is 5.03. The van der Waals surface area contributed by atoms with Crippen LogP contribution in [-0.4, -0.2) is 26.3 Å². The van der Waals surface area contributed by atoms with E-state index in [2.05, 4.69) is 33.8 Å². The lowest BCUT2D eigenvalue weighted by atomic mass is 10.2. The SMILES string of the molecule is S=Nc1ccc(N2CCOCC2)cc1. The van der Waals surface area contributed by atoms with Crippen LogP contribution in [0.25, 0.3) is 0 Å². The second-order valence-electron chi connectivity index (χ2n) is 3.21. The molecule has 0 bridgehead atoms. The Labute approximate surface area is 88.8 Å². The van der Waals surface area contributed by atoms with Crippen molar-refractivity contribution in [2.45, 2.75) is 0 Å². The molecule has 0 amide bonds. The first-order chi connectivity index (χ1) is 6.90. The Morgan fingerprint density at radius 1 is 1.14 bits per heavy atom. The maximum atomic E-state index is 5.29. The molecule has 0 radical (unpaired) electrons. The van der Waals surface area contributed by atoms with Crippen molar-refractivity contribution in [3.05, 3.63) is 24.3 Å². The maximum absolute atomic E-state index is 5.29. The molecular weight excluding hydrogens is 196 g/mol. The molecule has 1 aromatic carbocycles. The molecule has 1 aromatic rings. The molecule has 0 N–H and O–H groups in total. The number of rotatable bonds is 2. The van der Waals surface area contributed by atoms with E-state index in [4.69, 9.17) is 4.74 Å². The molecule has 1 saturated heterocycles. The summed E-state index contributed by atoms with van der Waals surface area (Å²) in [4.78, 5) is 2.30. The Morgan fingerprint density at radius 3 is 2.36 bits per heavy atom. The normalized spacial score (nSPS) is 16.7. The summed E-state index contributed by atoms with van der Waals surface area (Å²) < 4.78 is 8.99. The van der Waals surface area contributed by atoms with E-state index in [1.165, 1.54) is 5.69 Å². The van der Waals surface area contributed by atoms with E-state index < -0.39 is 0 Å². The van der Waals surface area contributed by atoms with Crippen molar-refractivity contribution in [2.75, 3.05) is 31.2 Å². The van der Waals surface area contributed by atoms with Gasteiger partial charge in [0.1, 0.15) is 0 Å². The van der Waals surface area contributed by atoms with Crippen LogP contribution in [-0.2, 0) is 17.2 Å². The van der Waals surface area contributed by atoms with Gasteiger partial charge >= 0.3 is 0 Å². The van der Waals surface area contributed by atoms with Gasteiger partial charge in [-0.2, -0.15) is 4.36 Å². The maximum Gasteiger partial charge on any atom is 0.0770 e.